The van der Waals surface area contributed by atoms with Crippen molar-refractivity contribution in [3.05, 3.63) is 34.3 Å². The van der Waals surface area contributed by atoms with E-state index in [-0.39, 0.29) is 23.3 Å². The molecule has 1 saturated heterocycles. The van der Waals surface area contributed by atoms with Crippen LogP contribution < -0.4 is 5.73 Å². The van der Waals surface area contributed by atoms with Gasteiger partial charge in [0.1, 0.15) is 11.9 Å². The van der Waals surface area contributed by atoms with Crippen LogP contribution in [0.3, 0.4) is 0 Å². The first-order chi connectivity index (χ1) is 9.86. The van der Waals surface area contributed by atoms with Crippen molar-refractivity contribution in [3.63, 3.8) is 0 Å². The van der Waals surface area contributed by atoms with Crippen LogP contribution in [0.4, 0.5) is 13.2 Å². The minimum atomic E-state index is -4.43. The highest BCUT2D eigenvalue weighted by molar-refractivity contribution is 6.32. The predicted octanol–water partition coefficient (Wildman–Crippen LogP) is 3.19. The summed E-state index contributed by atoms with van der Waals surface area (Å²) in [7, 11) is 0. The number of halogens is 4. The summed E-state index contributed by atoms with van der Waals surface area (Å²) in [6, 6.07) is 3.97. The summed E-state index contributed by atoms with van der Waals surface area (Å²) in [5.41, 5.74) is 5.43. The number of amidine groups is 1. The Morgan fingerprint density at radius 1 is 1.38 bits per heavy atom. The van der Waals surface area contributed by atoms with Crippen molar-refractivity contribution in [2.75, 3.05) is 0 Å². The van der Waals surface area contributed by atoms with E-state index in [1.165, 1.54) is 6.07 Å². The van der Waals surface area contributed by atoms with Gasteiger partial charge in [-0.1, -0.05) is 23.7 Å². The van der Waals surface area contributed by atoms with Crippen LogP contribution in [0.1, 0.15) is 24.0 Å². The molecule has 0 spiro atoms. The van der Waals surface area contributed by atoms with Gasteiger partial charge in [0.25, 0.3) is 0 Å². The summed E-state index contributed by atoms with van der Waals surface area (Å²) in [6.45, 7) is 0. The third kappa shape index (κ3) is 3.01. The van der Waals surface area contributed by atoms with Gasteiger partial charge in [-0.15, -0.1) is 0 Å². The molecule has 21 heavy (non-hydrogen) atoms. The lowest BCUT2D eigenvalue weighted by atomic mass is 9.98. The van der Waals surface area contributed by atoms with E-state index in [9.17, 15) is 13.2 Å². The van der Waals surface area contributed by atoms with Crippen LogP contribution in [0.15, 0.2) is 23.2 Å². The second-order valence-electron chi connectivity index (χ2n) is 5.35. The molecule has 2 heterocycles. The summed E-state index contributed by atoms with van der Waals surface area (Å²) in [6.07, 6.45) is -2.55. The van der Waals surface area contributed by atoms with Crippen LogP contribution in [0.2, 0.25) is 5.02 Å². The number of nitrogens with zero attached hydrogens (tertiary/aromatic N) is 1. The molecule has 0 bridgehead atoms. The molecular formula is C14H14ClF3N2O. The van der Waals surface area contributed by atoms with Gasteiger partial charge in [-0.3, -0.25) is 4.99 Å². The molecule has 1 aromatic carbocycles. The van der Waals surface area contributed by atoms with Gasteiger partial charge < -0.3 is 10.5 Å². The zero-order valence-electron chi connectivity index (χ0n) is 11.0. The van der Waals surface area contributed by atoms with E-state index in [2.05, 4.69) is 4.99 Å². The minimum absolute atomic E-state index is 0.0145. The highest BCUT2D eigenvalue weighted by Gasteiger charge is 2.46. The number of aryl methyl sites for hydroxylation is 1. The maximum Gasteiger partial charge on any atom is 0.417 e. The Bertz CT molecular complexity index is 588. The number of alkyl halides is 3. The van der Waals surface area contributed by atoms with Crippen molar-refractivity contribution < 1.29 is 17.9 Å². The van der Waals surface area contributed by atoms with E-state index < -0.39 is 11.7 Å². The van der Waals surface area contributed by atoms with Gasteiger partial charge in [0.15, 0.2) is 0 Å². The fourth-order valence-corrected chi connectivity index (χ4v) is 3.01. The van der Waals surface area contributed by atoms with E-state index in [0.29, 0.717) is 24.2 Å². The van der Waals surface area contributed by atoms with Crippen molar-refractivity contribution in [2.45, 2.75) is 43.7 Å². The van der Waals surface area contributed by atoms with Crippen molar-refractivity contribution in [1.82, 2.24) is 0 Å². The standard InChI is InChI=1S/C14H14ClF3N2O/c15-11-7(2-1-3-9(11)14(16,17)18)4-5-8-6-10-12(21-10)13(19)20-8/h1-3,8,10,12H,4-6H2,(H2,19,20)/t8-,10?,12?/m0/s1. The number of hydrogen-bond acceptors (Lipinski definition) is 3. The van der Waals surface area contributed by atoms with E-state index in [0.717, 1.165) is 12.5 Å². The molecule has 0 amide bonds. The average Bonchev–Trinajstić information content (AvgIpc) is 3.16. The molecule has 1 aromatic rings. The van der Waals surface area contributed by atoms with Crippen molar-refractivity contribution in [2.24, 2.45) is 10.7 Å². The van der Waals surface area contributed by atoms with Gasteiger partial charge in [-0.05, 0) is 30.9 Å². The van der Waals surface area contributed by atoms with Crippen LogP contribution in [0.25, 0.3) is 0 Å². The molecule has 0 radical (unpaired) electrons. The second-order valence-corrected chi connectivity index (χ2v) is 5.73. The van der Waals surface area contributed by atoms with Gasteiger partial charge in [0.05, 0.1) is 22.7 Å². The first-order valence-electron chi connectivity index (χ1n) is 6.69. The molecule has 2 aliphatic rings. The lowest BCUT2D eigenvalue weighted by Gasteiger charge is -2.17. The number of fused-ring (bicyclic) bond motifs is 1. The summed E-state index contributed by atoms with van der Waals surface area (Å²) >= 11 is 5.87. The quantitative estimate of drug-likeness (QED) is 0.870. The highest BCUT2D eigenvalue weighted by atomic mass is 35.5. The largest absolute Gasteiger partial charge is 0.417 e. The number of rotatable bonds is 3. The third-order valence-electron chi connectivity index (χ3n) is 3.84. The lowest BCUT2D eigenvalue weighted by molar-refractivity contribution is -0.137. The molecule has 7 heteroatoms. The van der Waals surface area contributed by atoms with Crippen molar-refractivity contribution in [3.8, 4) is 0 Å². The molecular weight excluding hydrogens is 305 g/mol. The van der Waals surface area contributed by atoms with Crippen LogP contribution in [0.5, 0.6) is 0 Å². The normalized spacial score (nSPS) is 28.0. The lowest BCUT2D eigenvalue weighted by Crippen LogP contribution is -2.29. The minimum Gasteiger partial charge on any atom is -0.385 e. The SMILES string of the molecule is NC1=N[C@@H](CCc2cccc(C(F)(F)F)c2Cl)CC2OC12. The molecule has 3 rings (SSSR count). The van der Waals surface area contributed by atoms with E-state index in [4.69, 9.17) is 22.1 Å². The van der Waals surface area contributed by atoms with Crippen LogP contribution in [-0.2, 0) is 17.3 Å². The Morgan fingerprint density at radius 2 is 2.14 bits per heavy atom. The summed E-state index contributed by atoms with van der Waals surface area (Å²) in [4.78, 5) is 4.32. The van der Waals surface area contributed by atoms with Gasteiger partial charge >= 0.3 is 6.18 Å². The summed E-state index contributed by atoms with van der Waals surface area (Å²) < 4.78 is 43.7. The highest BCUT2D eigenvalue weighted by Crippen LogP contribution is 2.37. The number of aliphatic imine (C=N–C) groups is 1. The Morgan fingerprint density at radius 3 is 2.81 bits per heavy atom. The smallest absolute Gasteiger partial charge is 0.385 e. The third-order valence-corrected chi connectivity index (χ3v) is 4.29. The van der Waals surface area contributed by atoms with E-state index >= 15 is 0 Å². The Kier molecular flexibility index (Phi) is 3.61. The van der Waals surface area contributed by atoms with Crippen molar-refractivity contribution in [1.29, 1.82) is 0 Å². The van der Waals surface area contributed by atoms with Gasteiger partial charge in [-0.25, -0.2) is 0 Å². The molecule has 3 nitrogen and oxygen atoms in total. The fraction of sp³-hybridized carbons (Fsp3) is 0.500. The topological polar surface area (TPSA) is 50.9 Å². The number of ether oxygens (including phenoxy) is 1. The van der Waals surface area contributed by atoms with Crippen LogP contribution in [0, 0.1) is 0 Å². The Labute approximate surface area is 124 Å². The van der Waals surface area contributed by atoms with Gasteiger partial charge in [-0.2, -0.15) is 13.2 Å². The first kappa shape index (κ1) is 14.7. The van der Waals surface area contributed by atoms with E-state index in [1.807, 2.05) is 0 Å². The van der Waals surface area contributed by atoms with Crippen LogP contribution in [-0.4, -0.2) is 24.1 Å². The molecule has 114 valence electrons. The molecule has 2 unspecified atom stereocenters. The second kappa shape index (κ2) is 5.18. The van der Waals surface area contributed by atoms with Gasteiger partial charge in [0, 0.05) is 0 Å². The number of benzene rings is 1. The van der Waals surface area contributed by atoms with E-state index in [1.54, 1.807) is 6.07 Å². The number of nitrogens with two attached hydrogens (primary N) is 1. The maximum absolute atomic E-state index is 12.8. The molecule has 2 aliphatic heterocycles. The molecule has 3 atom stereocenters. The predicted molar refractivity (Wildman–Crippen MR) is 73.5 cm³/mol. The Hall–Kier alpha value is -1.27. The summed E-state index contributed by atoms with van der Waals surface area (Å²) in [5, 5.41) is -0.224. The molecule has 0 aromatic heterocycles. The average molecular weight is 319 g/mol. The fourth-order valence-electron chi connectivity index (χ4n) is 2.68. The molecule has 1 fully saturated rings. The first-order valence-corrected chi connectivity index (χ1v) is 7.07. The maximum atomic E-state index is 12.8. The monoisotopic (exact) mass is 318 g/mol. The Balaban J connectivity index is 1.70. The van der Waals surface area contributed by atoms with Gasteiger partial charge in [0.2, 0.25) is 0 Å². The van der Waals surface area contributed by atoms with Crippen molar-refractivity contribution >= 4 is 17.4 Å². The molecule has 0 aliphatic carbocycles. The number of epoxide rings is 1. The van der Waals surface area contributed by atoms with Crippen LogP contribution >= 0.6 is 11.6 Å². The zero-order valence-corrected chi connectivity index (χ0v) is 11.8. The molecule has 0 saturated carbocycles. The zero-order chi connectivity index (χ0) is 15.2. The molecule has 2 N–H and O–H groups in total. The summed E-state index contributed by atoms with van der Waals surface area (Å²) in [5.74, 6) is 0.492. The number of hydrogen-bond donors (Lipinski definition) is 1.